The SMILES string of the molecule is C=C(C1=CC(=O)CC1)C(NC(=O)OCc1ccccc1)c1ccccc1. The molecule has 1 amide bonds. The van der Waals surface area contributed by atoms with Crippen LogP contribution >= 0.6 is 0 Å². The number of alkyl carbamates (subject to hydrolysis) is 1. The molecule has 4 heteroatoms. The van der Waals surface area contributed by atoms with E-state index in [-0.39, 0.29) is 12.4 Å². The lowest BCUT2D eigenvalue weighted by atomic mass is 9.94. The van der Waals surface area contributed by atoms with E-state index in [0.717, 1.165) is 22.3 Å². The summed E-state index contributed by atoms with van der Waals surface area (Å²) in [6.07, 6.45) is 2.25. The molecule has 0 fully saturated rings. The van der Waals surface area contributed by atoms with Crippen LogP contribution < -0.4 is 5.32 Å². The lowest BCUT2D eigenvalue weighted by Crippen LogP contribution is -2.30. The predicted octanol–water partition coefficient (Wildman–Crippen LogP) is 4.50. The van der Waals surface area contributed by atoms with Gasteiger partial charge in [-0.05, 0) is 34.8 Å². The summed E-state index contributed by atoms with van der Waals surface area (Å²) in [7, 11) is 0. The van der Waals surface area contributed by atoms with Gasteiger partial charge in [0.15, 0.2) is 5.78 Å². The molecule has 4 nitrogen and oxygen atoms in total. The molecule has 0 saturated heterocycles. The highest BCUT2D eigenvalue weighted by Gasteiger charge is 2.24. The molecule has 1 atom stereocenters. The molecule has 0 spiro atoms. The maximum absolute atomic E-state index is 12.3. The van der Waals surface area contributed by atoms with Gasteiger partial charge in [0, 0.05) is 6.42 Å². The minimum atomic E-state index is -0.520. The highest BCUT2D eigenvalue weighted by Crippen LogP contribution is 2.31. The monoisotopic (exact) mass is 347 g/mol. The van der Waals surface area contributed by atoms with Crippen LogP contribution in [0, 0.1) is 0 Å². The van der Waals surface area contributed by atoms with Crippen molar-refractivity contribution in [2.45, 2.75) is 25.5 Å². The van der Waals surface area contributed by atoms with Gasteiger partial charge >= 0.3 is 6.09 Å². The molecule has 132 valence electrons. The molecule has 0 bridgehead atoms. The maximum atomic E-state index is 12.3. The highest BCUT2D eigenvalue weighted by atomic mass is 16.5. The van der Waals surface area contributed by atoms with Gasteiger partial charge < -0.3 is 10.1 Å². The molecule has 0 heterocycles. The molecule has 1 aliphatic carbocycles. The summed E-state index contributed by atoms with van der Waals surface area (Å²) >= 11 is 0. The molecule has 26 heavy (non-hydrogen) atoms. The molecule has 2 aromatic carbocycles. The lowest BCUT2D eigenvalue weighted by molar-refractivity contribution is -0.114. The van der Waals surface area contributed by atoms with E-state index in [4.69, 9.17) is 4.74 Å². The van der Waals surface area contributed by atoms with Gasteiger partial charge in [0.25, 0.3) is 0 Å². The number of nitrogens with one attached hydrogen (secondary N) is 1. The second-order valence-corrected chi connectivity index (χ2v) is 6.21. The fourth-order valence-corrected chi connectivity index (χ4v) is 2.93. The Hall–Kier alpha value is -3.14. The van der Waals surface area contributed by atoms with E-state index in [1.165, 1.54) is 0 Å². The van der Waals surface area contributed by atoms with Crippen LogP contribution in [0.5, 0.6) is 0 Å². The summed E-state index contributed by atoms with van der Waals surface area (Å²) in [5, 5.41) is 2.88. The third-order valence-electron chi connectivity index (χ3n) is 4.34. The largest absolute Gasteiger partial charge is 0.445 e. The molecular weight excluding hydrogens is 326 g/mol. The van der Waals surface area contributed by atoms with Gasteiger partial charge in [-0.25, -0.2) is 4.79 Å². The van der Waals surface area contributed by atoms with Gasteiger partial charge in [-0.15, -0.1) is 0 Å². The molecule has 0 saturated carbocycles. The van der Waals surface area contributed by atoms with Gasteiger partial charge in [-0.3, -0.25) is 4.79 Å². The zero-order valence-corrected chi connectivity index (χ0v) is 14.5. The first kappa shape index (κ1) is 17.7. The number of ether oxygens (including phenoxy) is 1. The van der Waals surface area contributed by atoms with Crippen LogP contribution in [0.4, 0.5) is 4.79 Å². The zero-order chi connectivity index (χ0) is 18.4. The molecule has 1 unspecified atom stereocenters. The number of carbonyl (C=O) groups excluding carboxylic acids is 2. The Morgan fingerprint density at radius 3 is 2.31 bits per heavy atom. The summed E-state index contributed by atoms with van der Waals surface area (Å²) in [6.45, 7) is 4.32. The minimum absolute atomic E-state index is 0.0969. The van der Waals surface area contributed by atoms with E-state index in [1.807, 2.05) is 60.7 Å². The average molecular weight is 347 g/mol. The van der Waals surface area contributed by atoms with Gasteiger partial charge in [0.1, 0.15) is 6.61 Å². The van der Waals surface area contributed by atoms with Crippen molar-refractivity contribution < 1.29 is 14.3 Å². The molecule has 0 radical (unpaired) electrons. The Morgan fingerprint density at radius 1 is 1.04 bits per heavy atom. The van der Waals surface area contributed by atoms with Crippen molar-refractivity contribution >= 4 is 11.9 Å². The first-order chi connectivity index (χ1) is 12.6. The minimum Gasteiger partial charge on any atom is -0.445 e. The van der Waals surface area contributed by atoms with Crippen molar-refractivity contribution in [1.82, 2.24) is 5.32 Å². The molecule has 1 N–H and O–H groups in total. The Labute approximate surface area is 153 Å². The third-order valence-corrected chi connectivity index (χ3v) is 4.34. The van der Waals surface area contributed by atoms with E-state index in [9.17, 15) is 9.59 Å². The molecule has 0 aromatic heterocycles. The number of carbonyl (C=O) groups is 2. The van der Waals surface area contributed by atoms with Gasteiger partial charge in [-0.1, -0.05) is 67.2 Å². The normalized spacial score (nSPS) is 14.5. The van der Waals surface area contributed by atoms with Crippen molar-refractivity contribution in [3.8, 4) is 0 Å². The topological polar surface area (TPSA) is 55.4 Å². The number of ketones is 1. The smallest absolute Gasteiger partial charge is 0.408 e. The summed E-state index contributed by atoms with van der Waals surface area (Å²) in [6, 6.07) is 18.6. The number of amides is 1. The van der Waals surface area contributed by atoms with Crippen LogP contribution in [-0.2, 0) is 16.1 Å². The Kier molecular flexibility index (Phi) is 5.64. The molecule has 2 aromatic rings. The van der Waals surface area contributed by atoms with E-state index in [1.54, 1.807) is 6.08 Å². The number of benzene rings is 2. The maximum Gasteiger partial charge on any atom is 0.408 e. The first-order valence-corrected chi connectivity index (χ1v) is 8.58. The van der Waals surface area contributed by atoms with Crippen LogP contribution in [-0.4, -0.2) is 11.9 Å². The summed E-state index contributed by atoms with van der Waals surface area (Å²) in [5.41, 5.74) is 3.42. The standard InChI is InChI=1S/C22H21NO3/c1-16(19-12-13-20(24)14-19)21(18-10-6-3-7-11-18)23-22(25)26-15-17-8-4-2-5-9-17/h2-11,14,21H,1,12-13,15H2,(H,23,25). The average Bonchev–Trinajstić information content (AvgIpc) is 3.12. The fourth-order valence-electron chi connectivity index (χ4n) is 2.93. The van der Waals surface area contributed by atoms with Crippen molar-refractivity contribution in [2.75, 3.05) is 0 Å². The Morgan fingerprint density at radius 2 is 1.69 bits per heavy atom. The summed E-state index contributed by atoms with van der Waals surface area (Å²) in [5.74, 6) is 0.0969. The molecule has 1 aliphatic rings. The van der Waals surface area contributed by atoms with Crippen LogP contribution in [0.15, 0.2) is 84.5 Å². The van der Waals surface area contributed by atoms with E-state index < -0.39 is 12.1 Å². The van der Waals surface area contributed by atoms with Gasteiger partial charge in [-0.2, -0.15) is 0 Å². The lowest BCUT2D eigenvalue weighted by Gasteiger charge is -2.22. The fraction of sp³-hybridized carbons (Fsp3) is 0.182. The number of hydrogen-bond donors (Lipinski definition) is 1. The van der Waals surface area contributed by atoms with Crippen molar-refractivity contribution in [1.29, 1.82) is 0 Å². The first-order valence-electron chi connectivity index (χ1n) is 8.58. The Balaban J connectivity index is 1.71. The van der Waals surface area contributed by atoms with Gasteiger partial charge in [0.2, 0.25) is 0 Å². The zero-order valence-electron chi connectivity index (χ0n) is 14.5. The second kappa shape index (κ2) is 8.30. The quantitative estimate of drug-likeness (QED) is 0.837. The number of hydrogen-bond acceptors (Lipinski definition) is 3. The predicted molar refractivity (Wildman–Crippen MR) is 100 cm³/mol. The molecule has 0 aliphatic heterocycles. The van der Waals surface area contributed by atoms with E-state index in [2.05, 4.69) is 11.9 Å². The summed E-state index contributed by atoms with van der Waals surface area (Å²) in [4.78, 5) is 23.9. The Bertz CT molecular complexity index is 825. The third kappa shape index (κ3) is 4.48. The van der Waals surface area contributed by atoms with Crippen LogP contribution in [0.3, 0.4) is 0 Å². The second-order valence-electron chi connectivity index (χ2n) is 6.21. The number of allylic oxidation sites excluding steroid dienone is 1. The van der Waals surface area contributed by atoms with Crippen molar-refractivity contribution in [2.24, 2.45) is 0 Å². The highest BCUT2D eigenvalue weighted by molar-refractivity contribution is 5.94. The van der Waals surface area contributed by atoms with Crippen molar-refractivity contribution in [3.05, 3.63) is 95.6 Å². The van der Waals surface area contributed by atoms with Gasteiger partial charge in [0.05, 0.1) is 6.04 Å². The van der Waals surface area contributed by atoms with Crippen LogP contribution in [0.1, 0.15) is 30.0 Å². The van der Waals surface area contributed by atoms with E-state index in [0.29, 0.717) is 12.8 Å². The van der Waals surface area contributed by atoms with Crippen molar-refractivity contribution in [3.63, 3.8) is 0 Å². The number of rotatable bonds is 6. The van der Waals surface area contributed by atoms with E-state index >= 15 is 0 Å². The van der Waals surface area contributed by atoms with Crippen LogP contribution in [0.2, 0.25) is 0 Å². The molecular formula is C22H21NO3. The van der Waals surface area contributed by atoms with Crippen LogP contribution in [0.25, 0.3) is 0 Å². The molecule has 3 rings (SSSR count). The summed E-state index contributed by atoms with van der Waals surface area (Å²) < 4.78 is 5.34.